The molecule has 0 unspecified atom stereocenters. The van der Waals surface area contributed by atoms with Gasteiger partial charge in [0.2, 0.25) is 5.95 Å². The van der Waals surface area contributed by atoms with E-state index in [1.54, 1.807) is 12.1 Å². The Labute approximate surface area is 188 Å². The molecule has 3 heterocycles. The van der Waals surface area contributed by atoms with Gasteiger partial charge in [-0.2, -0.15) is 4.98 Å². The summed E-state index contributed by atoms with van der Waals surface area (Å²) in [6, 6.07) is 6.59. The number of hydrogen-bond acceptors (Lipinski definition) is 5. The first-order valence-electron chi connectivity index (χ1n) is 11.9. The lowest BCUT2D eigenvalue weighted by Crippen LogP contribution is -2.32. The largest absolute Gasteiger partial charge is 0.393 e. The first-order chi connectivity index (χ1) is 15.6. The molecule has 1 saturated carbocycles. The predicted octanol–water partition coefficient (Wildman–Crippen LogP) is 4.99. The maximum Gasteiger partial charge on any atom is 0.229 e. The molecule has 0 spiro atoms. The van der Waals surface area contributed by atoms with Crippen LogP contribution >= 0.6 is 0 Å². The molecular formula is C25H32FN5O. The monoisotopic (exact) mass is 437 g/mol. The van der Waals surface area contributed by atoms with Gasteiger partial charge in [-0.15, -0.1) is 0 Å². The van der Waals surface area contributed by atoms with Crippen LogP contribution in [0.4, 0.5) is 16.0 Å². The molecule has 1 saturated heterocycles. The highest BCUT2D eigenvalue weighted by Gasteiger charge is 2.28. The van der Waals surface area contributed by atoms with Crippen molar-refractivity contribution in [1.82, 2.24) is 19.4 Å². The third kappa shape index (κ3) is 4.36. The number of anilines is 2. The second kappa shape index (κ2) is 9.16. The van der Waals surface area contributed by atoms with Crippen LogP contribution in [-0.4, -0.2) is 50.3 Å². The minimum Gasteiger partial charge on any atom is -0.393 e. The first-order valence-corrected chi connectivity index (χ1v) is 11.9. The fourth-order valence-electron chi connectivity index (χ4n) is 5.28. The molecule has 0 atom stereocenters. The van der Waals surface area contributed by atoms with Crippen molar-refractivity contribution in [3.8, 4) is 0 Å². The van der Waals surface area contributed by atoms with Gasteiger partial charge in [0.25, 0.3) is 0 Å². The molecule has 7 heteroatoms. The summed E-state index contributed by atoms with van der Waals surface area (Å²) in [5.74, 6) is 0.779. The molecule has 1 aliphatic carbocycles. The van der Waals surface area contributed by atoms with Crippen LogP contribution in [0, 0.1) is 5.82 Å². The molecule has 0 bridgehead atoms. The summed E-state index contributed by atoms with van der Waals surface area (Å²) in [7, 11) is 0. The average Bonchev–Trinajstić information content (AvgIpc) is 3.20. The Morgan fingerprint density at radius 2 is 1.78 bits per heavy atom. The fraction of sp³-hybridized carbons (Fsp3) is 0.520. The third-order valence-electron chi connectivity index (χ3n) is 7.24. The van der Waals surface area contributed by atoms with E-state index in [9.17, 15) is 9.50 Å². The van der Waals surface area contributed by atoms with Gasteiger partial charge in [-0.1, -0.05) is 6.92 Å². The van der Waals surface area contributed by atoms with Crippen molar-refractivity contribution in [2.75, 3.05) is 25.0 Å². The van der Waals surface area contributed by atoms with E-state index in [1.807, 2.05) is 6.20 Å². The van der Waals surface area contributed by atoms with E-state index in [2.05, 4.69) is 32.9 Å². The SMILES string of the molecule is CCN1CCC(c2cn(C3CCC(O)CC3)c3nc(Nc4ccc(F)cc4)ncc23)CC1. The van der Waals surface area contributed by atoms with E-state index < -0.39 is 0 Å². The van der Waals surface area contributed by atoms with Crippen molar-refractivity contribution in [2.24, 2.45) is 0 Å². The zero-order valence-corrected chi connectivity index (χ0v) is 18.7. The van der Waals surface area contributed by atoms with Crippen molar-refractivity contribution in [3.63, 3.8) is 0 Å². The number of piperidine rings is 1. The van der Waals surface area contributed by atoms with Crippen molar-refractivity contribution in [2.45, 2.75) is 63.5 Å². The van der Waals surface area contributed by atoms with Gasteiger partial charge in [-0.3, -0.25) is 0 Å². The van der Waals surface area contributed by atoms with Crippen LogP contribution in [0.1, 0.15) is 63.0 Å². The molecule has 0 amide bonds. The minimum atomic E-state index is -0.265. The Bertz CT molecular complexity index is 1050. The van der Waals surface area contributed by atoms with Crippen LogP contribution in [0.5, 0.6) is 0 Å². The molecule has 0 radical (unpaired) electrons. The molecule has 32 heavy (non-hydrogen) atoms. The number of likely N-dealkylation sites (tertiary alicyclic amines) is 1. The van der Waals surface area contributed by atoms with Gasteiger partial charge in [-0.05, 0) is 93.9 Å². The zero-order chi connectivity index (χ0) is 22.1. The van der Waals surface area contributed by atoms with Crippen molar-refractivity contribution in [3.05, 3.63) is 48.0 Å². The van der Waals surface area contributed by atoms with E-state index in [1.165, 1.54) is 17.7 Å². The number of halogens is 1. The maximum atomic E-state index is 13.3. The molecule has 2 aliphatic rings. The number of nitrogens with one attached hydrogen (secondary N) is 1. The highest BCUT2D eigenvalue weighted by atomic mass is 19.1. The number of rotatable bonds is 5. The lowest BCUT2D eigenvalue weighted by atomic mass is 9.90. The summed E-state index contributed by atoms with van der Waals surface area (Å²) in [5.41, 5.74) is 3.07. The Kier molecular flexibility index (Phi) is 6.11. The molecule has 3 aromatic rings. The smallest absolute Gasteiger partial charge is 0.229 e. The Morgan fingerprint density at radius 3 is 2.47 bits per heavy atom. The van der Waals surface area contributed by atoms with Gasteiger partial charge < -0.3 is 19.9 Å². The number of hydrogen-bond donors (Lipinski definition) is 2. The summed E-state index contributed by atoms with van der Waals surface area (Å²) in [6.45, 7) is 5.61. The van der Waals surface area contributed by atoms with Crippen LogP contribution in [0.25, 0.3) is 11.0 Å². The van der Waals surface area contributed by atoms with E-state index in [4.69, 9.17) is 4.98 Å². The number of nitrogens with zero attached hydrogens (tertiary/aromatic N) is 4. The molecule has 2 N–H and O–H groups in total. The summed E-state index contributed by atoms with van der Waals surface area (Å²) in [4.78, 5) is 12.0. The molecule has 2 aromatic heterocycles. The fourth-order valence-corrected chi connectivity index (χ4v) is 5.28. The second-order valence-electron chi connectivity index (χ2n) is 9.23. The normalized spacial score (nSPS) is 23.0. The van der Waals surface area contributed by atoms with Crippen LogP contribution in [0.15, 0.2) is 36.7 Å². The van der Waals surface area contributed by atoms with Gasteiger partial charge >= 0.3 is 0 Å². The van der Waals surface area contributed by atoms with Crippen molar-refractivity contribution >= 4 is 22.7 Å². The Hall–Kier alpha value is -2.51. The number of aromatic nitrogens is 3. The van der Waals surface area contributed by atoms with Gasteiger partial charge in [0, 0.05) is 29.5 Å². The molecule has 1 aliphatic heterocycles. The first kappa shape index (κ1) is 21.3. The molecule has 1 aromatic carbocycles. The lowest BCUT2D eigenvalue weighted by Gasteiger charge is -2.31. The van der Waals surface area contributed by atoms with Crippen molar-refractivity contribution < 1.29 is 9.50 Å². The predicted molar refractivity (Wildman–Crippen MR) is 125 cm³/mol. The number of aliphatic hydroxyl groups excluding tert-OH is 1. The van der Waals surface area contributed by atoms with Gasteiger partial charge in [-0.25, -0.2) is 9.37 Å². The van der Waals surface area contributed by atoms with E-state index in [-0.39, 0.29) is 11.9 Å². The van der Waals surface area contributed by atoms with E-state index >= 15 is 0 Å². The van der Waals surface area contributed by atoms with Crippen LogP contribution < -0.4 is 5.32 Å². The van der Waals surface area contributed by atoms with E-state index in [0.717, 1.165) is 74.9 Å². The maximum absolute atomic E-state index is 13.3. The number of fused-ring (bicyclic) bond motifs is 1. The van der Waals surface area contributed by atoms with Crippen LogP contribution in [0.3, 0.4) is 0 Å². The summed E-state index contributed by atoms with van der Waals surface area (Å²) >= 11 is 0. The van der Waals surface area contributed by atoms with Gasteiger partial charge in [0.05, 0.1) is 6.10 Å². The lowest BCUT2D eigenvalue weighted by molar-refractivity contribution is 0.111. The highest BCUT2D eigenvalue weighted by Crippen LogP contribution is 2.38. The summed E-state index contributed by atoms with van der Waals surface area (Å²) in [5, 5.41) is 14.3. The molecular weight excluding hydrogens is 405 g/mol. The Morgan fingerprint density at radius 1 is 1.06 bits per heavy atom. The van der Waals surface area contributed by atoms with Crippen LogP contribution in [-0.2, 0) is 0 Å². The quantitative estimate of drug-likeness (QED) is 0.589. The highest BCUT2D eigenvalue weighted by molar-refractivity contribution is 5.82. The standard InChI is InChI=1S/C25H32FN5O/c1-2-30-13-11-17(12-14-30)23-16-31(20-7-9-21(32)10-8-20)24-22(23)15-27-25(29-24)28-19-5-3-18(26)4-6-19/h3-6,15-17,20-21,32H,2,7-14H2,1H3,(H,27,28,29). The number of benzene rings is 1. The molecule has 6 nitrogen and oxygen atoms in total. The third-order valence-corrected chi connectivity index (χ3v) is 7.24. The van der Waals surface area contributed by atoms with Gasteiger partial charge in [0.1, 0.15) is 11.5 Å². The zero-order valence-electron chi connectivity index (χ0n) is 18.7. The molecule has 5 rings (SSSR count). The van der Waals surface area contributed by atoms with Crippen LogP contribution in [0.2, 0.25) is 0 Å². The minimum absolute atomic E-state index is 0.184. The van der Waals surface area contributed by atoms with Crippen molar-refractivity contribution in [1.29, 1.82) is 0 Å². The summed E-state index contributed by atoms with van der Waals surface area (Å²) in [6.07, 6.45) is 9.99. The molecule has 2 fully saturated rings. The molecule has 170 valence electrons. The van der Waals surface area contributed by atoms with E-state index in [0.29, 0.717) is 17.9 Å². The Balaban J connectivity index is 1.49. The number of aliphatic hydroxyl groups is 1. The average molecular weight is 438 g/mol. The summed E-state index contributed by atoms with van der Waals surface area (Å²) < 4.78 is 15.6. The second-order valence-corrected chi connectivity index (χ2v) is 9.23. The topological polar surface area (TPSA) is 66.2 Å². The van der Waals surface area contributed by atoms with Gasteiger partial charge in [0.15, 0.2) is 0 Å².